The van der Waals surface area contributed by atoms with Gasteiger partial charge in [-0.3, -0.25) is 4.79 Å². The maximum absolute atomic E-state index is 12.5. The quantitative estimate of drug-likeness (QED) is 0.696. The number of rotatable bonds is 5. The fourth-order valence-electron chi connectivity index (χ4n) is 2.51. The maximum atomic E-state index is 12.5. The molecule has 0 bridgehead atoms. The van der Waals surface area contributed by atoms with Crippen LogP contribution in [0.5, 0.6) is 11.5 Å². The summed E-state index contributed by atoms with van der Waals surface area (Å²) in [6, 6.07) is 10.00. The van der Waals surface area contributed by atoms with Crippen molar-refractivity contribution in [2.24, 2.45) is 5.10 Å². The number of hydrogen-bond donors (Lipinski definition) is 1. The SMILES string of the molecule is CCOc1cc(C=Nn2c(=O)[nH]c3ccccc3c2=O)cc(Cl)c1OC. The molecule has 0 aliphatic heterocycles. The molecule has 2 aromatic carbocycles. The molecule has 0 saturated carbocycles. The number of aromatic amines is 1. The molecule has 0 aliphatic rings. The molecule has 1 aromatic heterocycles. The minimum atomic E-state index is -0.630. The van der Waals surface area contributed by atoms with Gasteiger partial charge >= 0.3 is 5.69 Å². The third kappa shape index (κ3) is 3.34. The van der Waals surface area contributed by atoms with Crippen molar-refractivity contribution in [3.05, 3.63) is 67.8 Å². The second-order valence-electron chi connectivity index (χ2n) is 5.30. The van der Waals surface area contributed by atoms with Gasteiger partial charge in [0.2, 0.25) is 0 Å². The topological polar surface area (TPSA) is 85.7 Å². The highest BCUT2D eigenvalue weighted by Crippen LogP contribution is 2.35. The Morgan fingerprint density at radius 2 is 2.04 bits per heavy atom. The van der Waals surface area contributed by atoms with Crippen LogP contribution in [0.25, 0.3) is 10.9 Å². The van der Waals surface area contributed by atoms with E-state index in [1.165, 1.54) is 13.3 Å². The van der Waals surface area contributed by atoms with Gasteiger partial charge in [0.15, 0.2) is 11.5 Å². The Morgan fingerprint density at radius 3 is 2.77 bits per heavy atom. The van der Waals surface area contributed by atoms with E-state index in [1.54, 1.807) is 36.4 Å². The molecule has 26 heavy (non-hydrogen) atoms. The first-order chi connectivity index (χ1) is 12.5. The predicted octanol–water partition coefficient (Wildman–Crippen LogP) is 2.63. The number of nitrogens with zero attached hydrogens (tertiary/aromatic N) is 2. The molecule has 0 amide bonds. The van der Waals surface area contributed by atoms with E-state index in [-0.39, 0.29) is 0 Å². The van der Waals surface area contributed by atoms with Crippen LogP contribution in [0.4, 0.5) is 0 Å². The Balaban J connectivity index is 2.07. The Hall–Kier alpha value is -3.06. The van der Waals surface area contributed by atoms with Gasteiger partial charge in [-0.25, -0.2) is 4.79 Å². The van der Waals surface area contributed by atoms with Gasteiger partial charge in [0.25, 0.3) is 5.56 Å². The van der Waals surface area contributed by atoms with Crippen molar-refractivity contribution in [1.82, 2.24) is 9.66 Å². The highest BCUT2D eigenvalue weighted by molar-refractivity contribution is 6.32. The summed E-state index contributed by atoms with van der Waals surface area (Å²) < 4.78 is 11.5. The lowest BCUT2D eigenvalue weighted by molar-refractivity contribution is 0.311. The average Bonchev–Trinajstić information content (AvgIpc) is 2.62. The van der Waals surface area contributed by atoms with Crippen LogP contribution in [0.15, 0.2) is 51.1 Å². The molecule has 7 nitrogen and oxygen atoms in total. The summed E-state index contributed by atoms with van der Waals surface area (Å²) in [6.45, 7) is 2.26. The van der Waals surface area contributed by atoms with Crippen LogP contribution in [0.3, 0.4) is 0 Å². The third-order valence-electron chi connectivity index (χ3n) is 3.64. The van der Waals surface area contributed by atoms with Crippen molar-refractivity contribution in [2.75, 3.05) is 13.7 Å². The fraction of sp³-hybridized carbons (Fsp3) is 0.167. The number of methoxy groups -OCH3 is 1. The predicted molar refractivity (Wildman–Crippen MR) is 101 cm³/mol. The first-order valence-corrected chi connectivity index (χ1v) is 8.21. The minimum absolute atomic E-state index is 0.333. The zero-order valence-corrected chi connectivity index (χ0v) is 14.9. The lowest BCUT2D eigenvalue weighted by Crippen LogP contribution is -2.32. The summed E-state index contributed by atoms with van der Waals surface area (Å²) >= 11 is 6.19. The van der Waals surface area contributed by atoms with Crippen molar-refractivity contribution in [3.63, 3.8) is 0 Å². The normalized spacial score (nSPS) is 11.2. The third-order valence-corrected chi connectivity index (χ3v) is 3.92. The molecular weight excluding hydrogens is 358 g/mol. The molecule has 8 heteroatoms. The zero-order valence-electron chi connectivity index (χ0n) is 14.2. The first-order valence-electron chi connectivity index (χ1n) is 7.84. The van der Waals surface area contributed by atoms with Gasteiger partial charge < -0.3 is 14.5 Å². The van der Waals surface area contributed by atoms with Gasteiger partial charge in [-0.05, 0) is 36.8 Å². The highest BCUT2D eigenvalue weighted by atomic mass is 35.5. The van der Waals surface area contributed by atoms with E-state index in [9.17, 15) is 9.59 Å². The summed E-state index contributed by atoms with van der Waals surface area (Å²) in [5.41, 5.74) is -0.126. The van der Waals surface area contributed by atoms with E-state index in [0.717, 1.165) is 4.68 Å². The molecule has 1 N–H and O–H groups in total. The molecule has 0 saturated heterocycles. The summed E-state index contributed by atoms with van der Waals surface area (Å²) in [5, 5.41) is 4.70. The Bertz CT molecular complexity index is 1100. The molecule has 3 rings (SSSR count). The van der Waals surface area contributed by atoms with Crippen molar-refractivity contribution in [3.8, 4) is 11.5 Å². The number of aromatic nitrogens is 2. The lowest BCUT2D eigenvalue weighted by atomic mass is 10.2. The largest absolute Gasteiger partial charge is 0.491 e. The van der Waals surface area contributed by atoms with Crippen LogP contribution in [-0.2, 0) is 0 Å². The first kappa shape index (κ1) is 17.8. The zero-order chi connectivity index (χ0) is 18.7. The molecule has 3 aromatic rings. The van der Waals surface area contributed by atoms with Gasteiger partial charge in [-0.2, -0.15) is 5.10 Å². The number of fused-ring (bicyclic) bond motifs is 1. The van der Waals surface area contributed by atoms with E-state index < -0.39 is 11.2 Å². The lowest BCUT2D eigenvalue weighted by Gasteiger charge is -2.11. The fourth-order valence-corrected chi connectivity index (χ4v) is 2.80. The van der Waals surface area contributed by atoms with Gasteiger partial charge in [-0.15, -0.1) is 4.68 Å². The molecule has 134 valence electrons. The van der Waals surface area contributed by atoms with Crippen LogP contribution in [-0.4, -0.2) is 29.6 Å². The minimum Gasteiger partial charge on any atom is -0.491 e. The Kier molecular flexibility index (Phi) is 5.09. The van der Waals surface area contributed by atoms with E-state index >= 15 is 0 Å². The second kappa shape index (κ2) is 7.45. The number of halogens is 1. The molecule has 1 heterocycles. The van der Waals surface area contributed by atoms with E-state index in [2.05, 4.69) is 10.1 Å². The summed E-state index contributed by atoms with van der Waals surface area (Å²) in [6.07, 6.45) is 1.36. The maximum Gasteiger partial charge on any atom is 0.349 e. The number of ether oxygens (including phenoxy) is 2. The number of benzene rings is 2. The molecular formula is C18H16ClN3O4. The molecule has 0 unspecified atom stereocenters. The van der Waals surface area contributed by atoms with Crippen LogP contribution in [0, 0.1) is 0 Å². The van der Waals surface area contributed by atoms with Gasteiger partial charge in [0.05, 0.1) is 35.9 Å². The molecule has 0 fully saturated rings. The highest BCUT2D eigenvalue weighted by Gasteiger charge is 2.11. The van der Waals surface area contributed by atoms with E-state index in [0.29, 0.717) is 39.6 Å². The Morgan fingerprint density at radius 1 is 1.27 bits per heavy atom. The van der Waals surface area contributed by atoms with Crippen LogP contribution >= 0.6 is 11.6 Å². The summed E-state index contributed by atoms with van der Waals surface area (Å²) in [7, 11) is 1.49. The second-order valence-corrected chi connectivity index (χ2v) is 5.71. The molecule has 0 spiro atoms. The number of hydrogen-bond acceptors (Lipinski definition) is 5. The van der Waals surface area contributed by atoms with Crippen molar-refractivity contribution >= 4 is 28.7 Å². The Labute approximate surface area is 153 Å². The van der Waals surface area contributed by atoms with Crippen LogP contribution in [0.2, 0.25) is 5.02 Å². The van der Waals surface area contributed by atoms with Gasteiger partial charge in [0.1, 0.15) is 0 Å². The standard InChI is InChI=1S/C18H16ClN3O4/c1-3-26-15-9-11(8-13(19)16(15)25-2)10-20-22-17(23)12-6-4-5-7-14(12)21-18(22)24/h4-10H,3H2,1-2H3,(H,21,24). The van der Waals surface area contributed by atoms with Gasteiger partial charge in [0, 0.05) is 0 Å². The molecule has 0 radical (unpaired) electrons. The van der Waals surface area contributed by atoms with Crippen molar-refractivity contribution in [2.45, 2.75) is 6.92 Å². The average molecular weight is 374 g/mol. The number of nitrogens with one attached hydrogen (secondary N) is 1. The molecule has 0 aliphatic carbocycles. The smallest absolute Gasteiger partial charge is 0.349 e. The van der Waals surface area contributed by atoms with Crippen LogP contribution < -0.4 is 20.7 Å². The van der Waals surface area contributed by atoms with E-state index in [4.69, 9.17) is 21.1 Å². The van der Waals surface area contributed by atoms with Gasteiger partial charge in [-0.1, -0.05) is 23.7 Å². The molecule has 0 atom stereocenters. The number of para-hydroxylation sites is 1. The van der Waals surface area contributed by atoms with Crippen LogP contribution in [0.1, 0.15) is 12.5 Å². The van der Waals surface area contributed by atoms with E-state index in [1.807, 2.05) is 6.92 Å². The monoisotopic (exact) mass is 373 g/mol. The number of H-pyrrole nitrogens is 1. The summed E-state index contributed by atoms with van der Waals surface area (Å²) in [4.78, 5) is 27.2. The van der Waals surface area contributed by atoms with Crippen molar-refractivity contribution < 1.29 is 9.47 Å². The van der Waals surface area contributed by atoms with Crippen molar-refractivity contribution in [1.29, 1.82) is 0 Å². The summed E-state index contributed by atoms with van der Waals surface area (Å²) in [5.74, 6) is 0.857.